The lowest BCUT2D eigenvalue weighted by Gasteiger charge is -2.31. The van der Waals surface area contributed by atoms with Gasteiger partial charge in [0, 0.05) is 31.4 Å². The summed E-state index contributed by atoms with van der Waals surface area (Å²) in [7, 11) is -3.76. The molecule has 2 atom stereocenters. The number of hydrogen-bond acceptors (Lipinski definition) is 4. The molecule has 7 nitrogen and oxygen atoms in total. The normalized spacial score (nSPS) is 19.1. The second-order valence-electron chi connectivity index (χ2n) is 7.41. The molecule has 1 aliphatic heterocycles. The van der Waals surface area contributed by atoms with Gasteiger partial charge in [-0.05, 0) is 57.9 Å². The molecule has 1 aromatic carbocycles. The molecule has 0 saturated carbocycles. The summed E-state index contributed by atoms with van der Waals surface area (Å²) in [6.45, 7) is 7.02. The first kappa shape index (κ1) is 21.4. The zero-order valence-electron chi connectivity index (χ0n) is 16.9. The number of aryl methyl sites for hydroxylation is 2. The highest BCUT2D eigenvalue weighted by Gasteiger charge is 2.34. The molecule has 3 rings (SSSR count). The monoisotopic (exact) mass is 422 g/mol. The van der Waals surface area contributed by atoms with E-state index in [0.717, 1.165) is 29.9 Å². The highest BCUT2D eigenvalue weighted by molar-refractivity contribution is 7.89. The van der Waals surface area contributed by atoms with Crippen molar-refractivity contribution in [3.63, 3.8) is 0 Å². The minimum atomic E-state index is -3.76. The van der Waals surface area contributed by atoms with Gasteiger partial charge in [-0.2, -0.15) is 9.40 Å². The fourth-order valence-electron chi connectivity index (χ4n) is 3.66. The van der Waals surface area contributed by atoms with E-state index in [4.69, 9.17) is 0 Å². The molecule has 0 spiro atoms. The molecule has 1 amide bonds. The van der Waals surface area contributed by atoms with Crippen molar-refractivity contribution < 1.29 is 17.6 Å². The van der Waals surface area contributed by atoms with E-state index in [9.17, 15) is 17.6 Å². The summed E-state index contributed by atoms with van der Waals surface area (Å²) in [6, 6.07) is 4.55. The van der Waals surface area contributed by atoms with Gasteiger partial charge in [0.25, 0.3) is 0 Å². The number of carbonyl (C=O) groups excluding carboxylic acids is 1. The first-order valence-corrected chi connectivity index (χ1v) is 11.3. The topological polar surface area (TPSA) is 84.3 Å². The number of halogens is 1. The van der Waals surface area contributed by atoms with Crippen LogP contribution in [0.15, 0.2) is 35.4 Å². The highest BCUT2D eigenvalue weighted by Crippen LogP contribution is 2.25. The number of sulfonamides is 1. The van der Waals surface area contributed by atoms with Crippen LogP contribution in [0.25, 0.3) is 0 Å². The number of amides is 1. The van der Waals surface area contributed by atoms with Crippen LogP contribution >= 0.6 is 0 Å². The Morgan fingerprint density at radius 3 is 2.66 bits per heavy atom. The van der Waals surface area contributed by atoms with Crippen molar-refractivity contribution in [2.45, 2.75) is 51.1 Å². The second kappa shape index (κ2) is 8.62. The number of carbonyl (C=O) groups is 1. The second-order valence-corrected chi connectivity index (χ2v) is 9.35. The maximum absolute atomic E-state index is 13.1. The third-order valence-corrected chi connectivity index (χ3v) is 7.22. The number of aromatic nitrogens is 2. The van der Waals surface area contributed by atoms with Gasteiger partial charge >= 0.3 is 0 Å². The quantitative estimate of drug-likeness (QED) is 0.776. The van der Waals surface area contributed by atoms with Gasteiger partial charge in [0.15, 0.2) is 0 Å². The van der Waals surface area contributed by atoms with Gasteiger partial charge in [0.2, 0.25) is 15.9 Å². The summed E-state index contributed by atoms with van der Waals surface area (Å²) in [6.07, 6.45) is 3.15. The molecule has 1 N–H and O–H groups in total. The number of rotatable bonds is 6. The Morgan fingerprint density at radius 1 is 1.34 bits per heavy atom. The van der Waals surface area contributed by atoms with Crippen molar-refractivity contribution in [2.75, 3.05) is 13.1 Å². The third-order valence-electron chi connectivity index (χ3n) is 5.34. The van der Waals surface area contributed by atoms with Crippen LogP contribution in [0.2, 0.25) is 0 Å². The lowest BCUT2D eigenvalue weighted by molar-refractivity contribution is -0.126. The molecule has 158 valence electrons. The number of nitrogens with zero attached hydrogens (tertiary/aromatic N) is 3. The van der Waals surface area contributed by atoms with E-state index in [0.29, 0.717) is 19.4 Å². The largest absolute Gasteiger partial charge is 0.349 e. The number of piperidine rings is 1. The van der Waals surface area contributed by atoms with Crippen molar-refractivity contribution in [1.29, 1.82) is 0 Å². The summed E-state index contributed by atoms with van der Waals surface area (Å²) in [4.78, 5) is 12.9. The highest BCUT2D eigenvalue weighted by atomic mass is 32.2. The first-order valence-electron chi connectivity index (χ1n) is 9.82. The molecule has 2 heterocycles. The first-order chi connectivity index (χ1) is 13.7. The van der Waals surface area contributed by atoms with Crippen LogP contribution in [0.1, 0.15) is 44.0 Å². The lowest BCUT2D eigenvalue weighted by atomic mass is 9.98. The van der Waals surface area contributed by atoms with Gasteiger partial charge in [-0.15, -0.1) is 0 Å². The predicted molar refractivity (Wildman–Crippen MR) is 107 cm³/mol. The zero-order valence-corrected chi connectivity index (χ0v) is 17.7. The van der Waals surface area contributed by atoms with Crippen LogP contribution in [0.3, 0.4) is 0 Å². The van der Waals surface area contributed by atoms with Crippen molar-refractivity contribution in [2.24, 2.45) is 5.92 Å². The molecule has 0 aliphatic carbocycles. The van der Waals surface area contributed by atoms with Crippen molar-refractivity contribution in [3.05, 3.63) is 47.5 Å². The Kier molecular flexibility index (Phi) is 6.38. The van der Waals surface area contributed by atoms with E-state index in [1.54, 1.807) is 0 Å². The Bertz CT molecular complexity index is 972. The maximum atomic E-state index is 13.1. The SMILES string of the molecule is CCn1cc([C@H](C)NC(=O)[C@@H]2CCCN(S(=O)(=O)c3ccc(F)cc3)C2)c(C)n1. The number of benzene rings is 1. The standard InChI is InChI=1S/C20H27FN4O3S/c1-4-24-13-19(15(3)23-24)14(2)22-20(26)16-6-5-11-25(12-16)29(27,28)18-9-7-17(21)8-10-18/h7-10,13-14,16H,4-6,11-12H2,1-3H3,(H,22,26)/t14-,16+/m0/s1. The molecule has 1 fully saturated rings. The summed E-state index contributed by atoms with van der Waals surface area (Å²) in [5, 5.41) is 7.41. The molecular weight excluding hydrogens is 395 g/mol. The predicted octanol–water partition coefficient (Wildman–Crippen LogP) is 2.63. The third kappa shape index (κ3) is 4.67. The van der Waals surface area contributed by atoms with Gasteiger partial charge in [0.05, 0.1) is 22.5 Å². The molecule has 29 heavy (non-hydrogen) atoms. The van der Waals surface area contributed by atoms with Crippen LogP contribution in [-0.4, -0.2) is 41.5 Å². The Hall–Kier alpha value is -2.26. The van der Waals surface area contributed by atoms with Gasteiger partial charge < -0.3 is 5.32 Å². The molecule has 1 aliphatic rings. The van der Waals surface area contributed by atoms with Gasteiger partial charge in [0.1, 0.15) is 5.82 Å². The van der Waals surface area contributed by atoms with Crippen LogP contribution in [0, 0.1) is 18.7 Å². The molecule has 0 radical (unpaired) electrons. The molecule has 1 aromatic heterocycles. The average Bonchev–Trinajstić information content (AvgIpc) is 3.09. The minimum Gasteiger partial charge on any atom is -0.349 e. The maximum Gasteiger partial charge on any atom is 0.243 e. The summed E-state index contributed by atoms with van der Waals surface area (Å²) in [5.74, 6) is -1.08. The fraction of sp³-hybridized carbons (Fsp3) is 0.500. The van der Waals surface area contributed by atoms with Gasteiger partial charge in [-0.3, -0.25) is 9.48 Å². The smallest absolute Gasteiger partial charge is 0.243 e. The number of hydrogen-bond donors (Lipinski definition) is 1. The lowest BCUT2D eigenvalue weighted by Crippen LogP contribution is -2.45. The van der Waals surface area contributed by atoms with E-state index < -0.39 is 21.8 Å². The zero-order chi connectivity index (χ0) is 21.2. The van der Waals surface area contributed by atoms with Crippen molar-refractivity contribution in [1.82, 2.24) is 19.4 Å². The van der Waals surface area contributed by atoms with E-state index in [-0.39, 0.29) is 23.4 Å². The summed E-state index contributed by atoms with van der Waals surface area (Å²) >= 11 is 0. The molecule has 9 heteroatoms. The van der Waals surface area contributed by atoms with Crippen LogP contribution in [0.4, 0.5) is 4.39 Å². The van der Waals surface area contributed by atoms with E-state index in [1.807, 2.05) is 31.6 Å². The Balaban J connectivity index is 1.69. The van der Waals surface area contributed by atoms with E-state index in [2.05, 4.69) is 10.4 Å². The average molecular weight is 423 g/mol. The molecule has 0 bridgehead atoms. The molecular formula is C20H27FN4O3S. The molecule has 2 aromatic rings. The Labute approximate surface area is 171 Å². The number of nitrogens with one attached hydrogen (secondary N) is 1. The Morgan fingerprint density at radius 2 is 2.03 bits per heavy atom. The van der Waals surface area contributed by atoms with Crippen molar-refractivity contribution in [3.8, 4) is 0 Å². The summed E-state index contributed by atoms with van der Waals surface area (Å²) in [5.41, 5.74) is 1.82. The van der Waals surface area contributed by atoms with Crippen molar-refractivity contribution >= 4 is 15.9 Å². The minimum absolute atomic E-state index is 0.0379. The fourth-order valence-corrected chi connectivity index (χ4v) is 5.18. The van der Waals surface area contributed by atoms with Gasteiger partial charge in [-0.25, -0.2) is 12.8 Å². The van der Waals surface area contributed by atoms with Crippen LogP contribution in [-0.2, 0) is 21.4 Å². The molecule has 1 saturated heterocycles. The van der Waals surface area contributed by atoms with Crippen LogP contribution in [0.5, 0.6) is 0 Å². The van der Waals surface area contributed by atoms with Crippen LogP contribution < -0.4 is 5.32 Å². The molecule has 0 unspecified atom stereocenters. The van der Waals surface area contributed by atoms with E-state index in [1.165, 1.54) is 16.4 Å². The summed E-state index contributed by atoms with van der Waals surface area (Å²) < 4.78 is 42.0. The van der Waals surface area contributed by atoms with Gasteiger partial charge in [-0.1, -0.05) is 0 Å². The van der Waals surface area contributed by atoms with E-state index >= 15 is 0 Å².